The lowest BCUT2D eigenvalue weighted by atomic mass is 10.4. The number of imidazole rings is 1. The second-order valence-corrected chi connectivity index (χ2v) is 3.25. The molecule has 0 amide bonds. The van der Waals surface area contributed by atoms with Crippen LogP contribution in [-0.2, 0) is 17.7 Å². The summed E-state index contributed by atoms with van der Waals surface area (Å²) in [5.41, 5.74) is 5.86. The van der Waals surface area contributed by atoms with Gasteiger partial charge in [-0.05, 0) is 0 Å². The van der Waals surface area contributed by atoms with Crippen LogP contribution in [0.25, 0.3) is 0 Å². The first-order valence-electron chi connectivity index (χ1n) is 4.87. The van der Waals surface area contributed by atoms with Gasteiger partial charge in [-0.1, -0.05) is 5.16 Å². The molecule has 0 fully saturated rings. The number of esters is 1. The number of nitrogens with two attached hydrogens (primary N) is 1. The van der Waals surface area contributed by atoms with Crippen molar-refractivity contribution in [2.75, 3.05) is 12.8 Å². The fraction of sp³-hybridized carbons (Fsp3) is 0.333. The molecule has 17 heavy (non-hydrogen) atoms. The number of aryl methyl sites for hydroxylation is 2. The van der Waals surface area contributed by atoms with Crippen LogP contribution in [0, 0.1) is 0 Å². The molecule has 0 aromatic carbocycles. The largest absolute Gasteiger partial charge is 0.464 e. The van der Waals surface area contributed by atoms with Crippen molar-refractivity contribution in [2.24, 2.45) is 0 Å². The van der Waals surface area contributed by atoms with Gasteiger partial charge < -0.3 is 19.6 Å². The molecular formula is C9H11N5O3. The Balaban J connectivity index is 2.07. The Hall–Kier alpha value is -2.38. The molecule has 0 aliphatic heterocycles. The Kier molecular flexibility index (Phi) is 3.03. The molecule has 8 nitrogen and oxygen atoms in total. The van der Waals surface area contributed by atoms with E-state index in [1.165, 1.54) is 19.8 Å². The van der Waals surface area contributed by atoms with E-state index in [-0.39, 0.29) is 11.5 Å². The van der Waals surface area contributed by atoms with Crippen LogP contribution < -0.4 is 5.73 Å². The van der Waals surface area contributed by atoms with Gasteiger partial charge in [0.05, 0.1) is 13.4 Å². The molecule has 0 bridgehead atoms. The lowest BCUT2D eigenvalue weighted by Crippen LogP contribution is -2.09. The highest BCUT2D eigenvalue weighted by Gasteiger charge is 2.16. The van der Waals surface area contributed by atoms with E-state index in [0.29, 0.717) is 18.9 Å². The fourth-order valence-corrected chi connectivity index (χ4v) is 1.35. The van der Waals surface area contributed by atoms with E-state index in [1.54, 1.807) is 4.57 Å². The molecule has 2 rings (SSSR count). The number of nitrogen functional groups attached to an aromatic ring is 1. The lowest BCUT2D eigenvalue weighted by molar-refractivity contribution is 0.0596. The molecule has 2 heterocycles. The van der Waals surface area contributed by atoms with Crippen LogP contribution in [-0.4, -0.2) is 32.8 Å². The predicted molar refractivity (Wildman–Crippen MR) is 56.0 cm³/mol. The molecule has 8 heteroatoms. The van der Waals surface area contributed by atoms with Gasteiger partial charge in [-0.2, -0.15) is 4.98 Å². The maximum absolute atomic E-state index is 11.3. The van der Waals surface area contributed by atoms with Crippen molar-refractivity contribution in [1.82, 2.24) is 19.7 Å². The third-order valence-electron chi connectivity index (χ3n) is 2.23. The van der Waals surface area contributed by atoms with Crippen molar-refractivity contribution in [2.45, 2.75) is 13.0 Å². The average Bonchev–Trinajstić information content (AvgIpc) is 2.95. The standard InChI is InChI=1S/C9H11N5O3/c1-16-9(15)7-8(10)14(5-12-7)3-2-6-11-4-13-17-6/h4-5H,2-3,10H2,1H3. The zero-order chi connectivity index (χ0) is 12.3. The summed E-state index contributed by atoms with van der Waals surface area (Å²) in [6, 6.07) is 0. The van der Waals surface area contributed by atoms with Gasteiger partial charge in [-0.15, -0.1) is 0 Å². The highest BCUT2D eigenvalue weighted by atomic mass is 16.5. The third-order valence-corrected chi connectivity index (χ3v) is 2.23. The highest BCUT2D eigenvalue weighted by molar-refractivity contribution is 5.91. The second kappa shape index (κ2) is 4.64. The first kappa shape index (κ1) is 11.1. The summed E-state index contributed by atoms with van der Waals surface area (Å²) in [6.45, 7) is 0.498. The van der Waals surface area contributed by atoms with Crippen LogP contribution in [0.15, 0.2) is 17.2 Å². The van der Waals surface area contributed by atoms with Gasteiger partial charge in [-0.25, -0.2) is 9.78 Å². The molecule has 90 valence electrons. The number of hydrogen-bond acceptors (Lipinski definition) is 7. The van der Waals surface area contributed by atoms with Crippen LogP contribution >= 0.6 is 0 Å². The van der Waals surface area contributed by atoms with Crippen LogP contribution in [0.3, 0.4) is 0 Å². The minimum atomic E-state index is -0.556. The van der Waals surface area contributed by atoms with Crippen LogP contribution in [0.4, 0.5) is 5.82 Å². The van der Waals surface area contributed by atoms with Crippen molar-refractivity contribution in [1.29, 1.82) is 0 Å². The number of carbonyl (C=O) groups excluding carboxylic acids is 1. The molecule has 0 saturated heterocycles. The topological polar surface area (TPSA) is 109 Å². The summed E-state index contributed by atoms with van der Waals surface area (Å²) < 4.78 is 11.0. The van der Waals surface area contributed by atoms with E-state index in [0.717, 1.165) is 0 Å². The molecule has 0 aliphatic carbocycles. The van der Waals surface area contributed by atoms with Crippen LogP contribution in [0.5, 0.6) is 0 Å². The van der Waals surface area contributed by atoms with E-state index in [1.807, 2.05) is 0 Å². The quantitative estimate of drug-likeness (QED) is 0.738. The highest BCUT2D eigenvalue weighted by Crippen LogP contribution is 2.11. The summed E-state index contributed by atoms with van der Waals surface area (Å²) in [7, 11) is 1.28. The van der Waals surface area contributed by atoms with Gasteiger partial charge in [0.15, 0.2) is 12.0 Å². The minimum absolute atomic E-state index is 0.109. The summed E-state index contributed by atoms with van der Waals surface area (Å²) in [5, 5.41) is 3.49. The Morgan fingerprint density at radius 2 is 2.41 bits per heavy atom. The molecule has 0 radical (unpaired) electrons. The predicted octanol–water partition coefficient (Wildman–Crippen LogP) is -0.122. The van der Waals surface area contributed by atoms with Crippen molar-refractivity contribution in [3.8, 4) is 0 Å². The third kappa shape index (κ3) is 2.25. The number of rotatable bonds is 4. The number of nitrogens with zero attached hydrogens (tertiary/aromatic N) is 4. The first-order chi connectivity index (χ1) is 8.22. The monoisotopic (exact) mass is 237 g/mol. The van der Waals surface area contributed by atoms with Gasteiger partial charge in [0.1, 0.15) is 5.82 Å². The Bertz CT molecular complexity index is 505. The van der Waals surface area contributed by atoms with Crippen molar-refractivity contribution >= 4 is 11.8 Å². The molecule has 2 N–H and O–H groups in total. The molecule has 0 spiro atoms. The smallest absolute Gasteiger partial charge is 0.360 e. The van der Waals surface area contributed by atoms with Crippen molar-refractivity contribution < 1.29 is 14.1 Å². The average molecular weight is 237 g/mol. The molecule has 0 unspecified atom stereocenters. The van der Waals surface area contributed by atoms with E-state index < -0.39 is 5.97 Å². The zero-order valence-corrected chi connectivity index (χ0v) is 9.16. The fourth-order valence-electron chi connectivity index (χ4n) is 1.35. The molecule has 0 saturated carbocycles. The first-order valence-corrected chi connectivity index (χ1v) is 4.87. The second-order valence-electron chi connectivity index (χ2n) is 3.25. The molecule has 2 aromatic heterocycles. The van der Waals surface area contributed by atoms with E-state index in [9.17, 15) is 4.79 Å². The summed E-state index contributed by atoms with van der Waals surface area (Å²) in [5.74, 6) is 0.202. The zero-order valence-electron chi connectivity index (χ0n) is 9.16. The van der Waals surface area contributed by atoms with E-state index in [4.69, 9.17) is 10.3 Å². The number of anilines is 1. The van der Waals surface area contributed by atoms with E-state index >= 15 is 0 Å². The normalized spacial score (nSPS) is 10.4. The summed E-state index contributed by atoms with van der Waals surface area (Å²) in [6.07, 6.45) is 3.31. The van der Waals surface area contributed by atoms with Crippen LogP contribution in [0.1, 0.15) is 16.4 Å². The molecule has 2 aromatic rings. The minimum Gasteiger partial charge on any atom is -0.464 e. The summed E-state index contributed by atoms with van der Waals surface area (Å²) >= 11 is 0. The van der Waals surface area contributed by atoms with Gasteiger partial charge in [-0.3, -0.25) is 0 Å². The van der Waals surface area contributed by atoms with Gasteiger partial charge in [0, 0.05) is 13.0 Å². The van der Waals surface area contributed by atoms with Gasteiger partial charge >= 0.3 is 5.97 Å². The number of carbonyl (C=O) groups is 1. The molecular weight excluding hydrogens is 226 g/mol. The number of hydrogen-bond donors (Lipinski definition) is 1. The van der Waals surface area contributed by atoms with Crippen molar-refractivity contribution in [3.63, 3.8) is 0 Å². The van der Waals surface area contributed by atoms with Gasteiger partial charge in [0.2, 0.25) is 5.89 Å². The Labute approximate surface area is 96.4 Å². The number of methoxy groups -OCH3 is 1. The van der Waals surface area contributed by atoms with E-state index in [2.05, 4.69) is 19.9 Å². The molecule has 0 aliphatic rings. The Morgan fingerprint density at radius 3 is 3.06 bits per heavy atom. The SMILES string of the molecule is COC(=O)c1ncn(CCc2ncno2)c1N. The lowest BCUT2D eigenvalue weighted by Gasteiger charge is -2.02. The van der Waals surface area contributed by atoms with Gasteiger partial charge in [0.25, 0.3) is 0 Å². The van der Waals surface area contributed by atoms with Crippen LogP contribution in [0.2, 0.25) is 0 Å². The summed E-state index contributed by atoms with van der Waals surface area (Å²) in [4.78, 5) is 19.0. The van der Waals surface area contributed by atoms with Crippen molar-refractivity contribution in [3.05, 3.63) is 24.2 Å². The maximum Gasteiger partial charge on any atom is 0.360 e. The Morgan fingerprint density at radius 1 is 1.59 bits per heavy atom. The number of ether oxygens (including phenoxy) is 1. The molecule has 0 atom stereocenters. The maximum atomic E-state index is 11.3. The number of aromatic nitrogens is 4.